The topological polar surface area (TPSA) is 112 Å². The van der Waals surface area contributed by atoms with E-state index in [1.165, 1.54) is 10.9 Å². The first-order valence-electron chi connectivity index (χ1n) is 5.76. The maximum Gasteiger partial charge on any atom is 0.293 e. The van der Waals surface area contributed by atoms with Gasteiger partial charge in [0.2, 0.25) is 0 Å². The number of fused-ring (bicyclic) bond motifs is 2. The van der Waals surface area contributed by atoms with E-state index in [4.69, 9.17) is 20.3 Å². The van der Waals surface area contributed by atoms with Crippen LogP contribution in [-0.2, 0) is 9.47 Å². The van der Waals surface area contributed by atoms with Gasteiger partial charge < -0.3 is 20.3 Å². The highest BCUT2D eigenvalue weighted by Crippen LogP contribution is 2.45. The van der Waals surface area contributed by atoms with Crippen molar-refractivity contribution in [3.05, 3.63) is 12.4 Å². The zero-order valence-electron chi connectivity index (χ0n) is 9.60. The Bertz CT molecular complexity index is 662. The number of nitrogen functional groups attached to an aromatic ring is 1. The zero-order chi connectivity index (χ0) is 13.1. The van der Waals surface area contributed by atoms with Crippen LogP contribution in [0.2, 0.25) is 0 Å². The lowest BCUT2D eigenvalue weighted by Gasteiger charge is -2.17. The molecule has 2 unspecified atom stereocenters. The van der Waals surface area contributed by atoms with E-state index in [9.17, 15) is 4.39 Å². The van der Waals surface area contributed by atoms with Crippen LogP contribution in [-0.4, -0.2) is 49.5 Å². The summed E-state index contributed by atoms with van der Waals surface area (Å²) in [7, 11) is 0. The van der Waals surface area contributed by atoms with Gasteiger partial charge in [0.25, 0.3) is 6.08 Å². The van der Waals surface area contributed by atoms with Gasteiger partial charge >= 0.3 is 0 Å². The van der Waals surface area contributed by atoms with Crippen LogP contribution >= 0.6 is 0 Å². The van der Waals surface area contributed by atoms with Crippen LogP contribution in [0, 0.1) is 6.08 Å². The summed E-state index contributed by atoms with van der Waals surface area (Å²) in [5.74, 6) is 0.104. The minimum Gasteiger partial charge on any atom is -0.394 e. The highest BCUT2D eigenvalue weighted by Gasteiger charge is 2.59. The fourth-order valence-corrected chi connectivity index (χ4v) is 2.48. The van der Waals surface area contributed by atoms with Crippen molar-refractivity contribution < 1.29 is 19.0 Å². The van der Waals surface area contributed by atoms with Crippen LogP contribution in [0.25, 0.3) is 11.2 Å². The van der Waals surface area contributed by atoms with Crippen LogP contribution in [0.4, 0.5) is 10.2 Å². The number of hydrogen-bond acceptors (Lipinski definition) is 7. The quantitative estimate of drug-likeness (QED) is 0.541. The first kappa shape index (κ1) is 11.0. The van der Waals surface area contributed by atoms with E-state index in [0.29, 0.717) is 0 Å². The molecule has 0 aromatic carbocycles. The van der Waals surface area contributed by atoms with E-state index in [-0.39, 0.29) is 35.8 Å². The third-order valence-corrected chi connectivity index (χ3v) is 3.42. The van der Waals surface area contributed by atoms with Crippen molar-refractivity contribution in [3.63, 3.8) is 0 Å². The molecule has 0 amide bonds. The average molecular weight is 267 g/mol. The van der Waals surface area contributed by atoms with Crippen LogP contribution < -0.4 is 5.73 Å². The third-order valence-electron chi connectivity index (χ3n) is 3.42. The molecule has 0 spiro atoms. The first-order valence-corrected chi connectivity index (χ1v) is 5.76. The number of aromatic nitrogens is 4. The largest absolute Gasteiger partial charge is 0.394 e. The van der Waals surface area contributed by atoms with E-state index < -0.39 is 18.4 Å². The van der Waals surface area contributed by atoms with Crippen LogP contribution in [0.3, 0.4) is 0 Å². The number of halogens is 1. The standard InChI is InChI=1S/C10H10FN5O3/c11-10-15-4-7(12)13-2-14-8(4)16(10)9-6-5(19-6)3(1-17)18-9/h2-3,5-6,9,17H,1H2,(H2,12,13,14)/t3-,5?,6?,9-/m1/s1. The summed E-state index contributed by atoms with van der Waals surface area (Å²) in [5, 5.41) is 9.14. The number of rotatable bonds is 2. The number of hydrogen-bond donors (Lipinski definition) is 2. The molecule has 2 aromatic heterocycles. The smallest absolute Gasteiger partial charge is 0.293 e. The zero-order valence-corrected chi connectivity index (χ0v) is 9.60. The second-order valence-corrected chi connectivity index (χ2v) is 4.49. The first-order chi connectivity index (χ1) is 9.20. The fraction of sp³-hybridized carbons (Fsp3) is 0.500. The molecule has 0 bridgehead atoms. The highest BCUT2D eigenvalue weighted by atomic mass is 19.1. The number of nitrogens with zero attached hydrogens (tertiary/aromatic N) is 4. The molecule has 0 radical (unpaired) electrons. The van der Waals surface area contributed by atoms with Gasteiger partial charge in [-0.1, -0.05) is 0 Å². The highest BCUT2D eigenvalue weighted by molar-refractivity contribution is 5.81. The second kappa shape index (κ2) is 3.59. The molecule has 4 heterocycles. The Hall–Kier alpha value is -1.84. The van der Waals surface area contributed by atoms with Gasteiger partial charge in [0, 0.05) is 0 Å². The molecule has 2 aliphatic rings. The van der Waals surface area contributed by atoms with E-state index in [2.05, 4.69) is 15.0 Å². The third kappa shape index (κ3) is 1.40. The molecule has 9 heteroatoms. The molecule has 2 fully saturated rings. The van der Waals surface area contributed by atoms with E-state index in [1.54, 1.807) is 0 Å². The van der Waals surface area contributed by atoms with Crippen molar-refractivity contribution >= 4 is 17.0 Å². The van der Waals surface area contributed by atoms with Gasteiger partial charge in [-0.3, -0.25) is 4.57 Å². The van der Waals surface area contributed by atoms with Gasteiger partial charge in [-0.25, -0.2) is 9.97 Å². The number of anilines is 1. The second-order valence-electron chi connectivity index (χ2n) is 4.49. The summed E-state index contributed by atoms with van der Waals surface area (Å²) in [6, 6.07) is 0. The lowest BCUT2D eigenvalue weighted by atomic mass is 10.2. The van der Waals surface area contributed by atoms with E-state index >= 15 is 0 Å². The lowest BCUT2D eigenvalue weighted by molar-refractivity contribution is -0.0861. The van der Waals surface area contributed by atoms with Crippen molar-refractivity contribution in [1.29, 1.82) is 0 Å². The summed E-state index contributed by atoms with van der Waals surface area (Å²) in [6.07, 6.45) is -1.17. The molecule has 4 atom stereocenters. The average Bonchev–Trinajstić information content (AvgIpc) is 3.00. The number of imidazole rings is 1. The normalized spacial score (nSPS) is 32.7. The summed E-state index contributed by atoms with van der Waals surface area (Å²) in [5.41, 5.74) is 6.07. The molecule has 2 aromatic rings. The molecule has 0 saturated carbocycles. The van der Waals surface area contributed by atoms with Crippen LogP contribution in [0.1, 0.15) is 6.23 Å². The van der Waals surface area contributed by atoms with Crippen LogP contribution in [0.5, 0.6) is 0 Å². The van der Waals surface area contributed by atoms with Gasteiger partial charge in [0.05, 0.1) is 6.61 Å². The maximum absolute atomic E-state index is 14.0. The molecule has 3 N–H and O–H groups in total. The molecular formula is C10H10FN5O3. The SMILES string of the molecule is Nc1ncnc2c1nc(F)n2[C@@H]1O[C@H](CO)C2OC21. The van der Waals surface area contributed by atoms with Crippen molar-refractivity contribution in [2.24, 2.45) is 0 Å². The van der Waals surface area contributed by atoms with Crippen molar-refractivity contribution in [3.8, 4) is 0 Å². The van der Waals surface area contributed by atoms with Crippen molar-refractivity contribution in [2.45, 2.75) is 24.5 Å². The minimum absolute atomic E-state index is 0.104. The Labute approximate surface area is 106 Å². The van der Waals surface area contributed by atoms with Crippen molar-refractivity contribution in [1.82, 2.24) is 19.5 Å². The molecular weight excluding hydrogens is 257 g/mol. The van der Waals surface area contributed by atoms with Crippen LogP contribution in [0.15, 0.2) is 6.33 Å². The van der Waals surface area contributed by atoms with E-state index in [1.807, 2.05) is 0 Å². The molecule has 19 heavy (non-hydrogen) atoms. The number of nitrogens with two attached hydrogens (primary N) is 1. The minimum atomic E-state index is -0.764. The molecule has 2 aliphatic heterocycles. The van der Waals surface area contributed by atoms with E-state index in [0.717, 1.165) is 0 Å². The summed E-state index contributed by atoms with van der Waals surface area (Å²) in [4.78, 5) is 11.5. The summed E-state index contributed by atoms with van der Waals surface area (Å²) in [6.45, 7) is -0.178. The Kier molecular flexibility index (Phi) is 2.08. The molecule has 0 aliphatic carbocycles. The molecule has 4 rings (SSSR count). The summed E-state index contributed by atoms with van der Waals surface area (Å²) >= 11 is 0. The summed E-state index contributed by atoms with van der Waals surface area (Å²) < 4.78 is 26.1. The number of ether oxygens (including phenoxy) is 2. The number of aliphatic hydroxyl groups is 1. The molecule has 8 nitrogen and oxygen atoms in total. The maximum atomic E-state index is 14.0. The predicted molar refractivity (Wildman–Crippen MR) is 59.4 cm³/mol. The van der Waals surface area contributed by atoms with Gasteiger partial charge in [0.1, 0.15) is 24.6 Å². The monoisotopic (exact) mass is 267 g/mol. The van der Waals surface area contributed by atoms with Gasteiger partial charge in [0.15, 0.2) is 23.2 Å². The Morgan fingerprint density at radius 1 is 1.37 bits per heavy atom. The molecule has 100 valence electrons. The molecule has 2 saturated heterocycles. The van der Waals surface area contributed by atoms with Gasteiger partial charge in [-0.05, 0) is 0 Å². The van der Waals surface area contributed by atoms with Gasteiger partial charge in [-0.15, -0.1) is 0 Å². The number of aliphatic hydroxyl groups excluding tert-OH is 1. The Balaban J connectivity index is 1.84. The van der Waals surface area contributed by atoms with Crippen molar-refractivity contribution in [2.75, 3.05) is 12.3 Å². The fourth-order valence-electron chi connectivity index (χ4n) is 2.48. The Morgan fingerprint density at radius 3 is 2.95 bits per heavy atom. The van der Waals surface area contributed by atoms with Gasteiger partial charge in [-0.2, -0.15) is 9.37 Å². The predicted octanol–water partition coefficient (Wildman–Crippen LogP) is -0.795. The number of epoxide rings is 1. The lowest BCUT2D eigenvalue weighted by Crippen LogP contribution is -2.23. The Morgan fingerprint density at radius 2 is 2.21 bits per heavy atom.